The highest BCUT2D eigenvalue weighted by Crippen LogP contribution is 2.29. The molecule has 1 N–H and O–H groups in total. The van der Waals surface area contributed by atoms with E-state index in [-0.39, 0.29) is 18.5 Å². The quantitative estimate of drug-likeness (QED) is 0.379. The van der Waals surface area contributed by atoms with E-state index in [0.29, 0.717) is 32.2 Å². The molecule has 0 aliphatic heterocycles. The van der Waals surface area contributed by atoms with Crippen LogP contribution in [0.4, 0.5) is 5.69 Å². The van der Waals surface area contributed by atoms with Gasteiger partial charge in [-0.05, 0) is 65.5 Å². The van der Waals surface area contributed by atoms with Gasteiger partial charge in [0.1, 0.15) is 12.6 Å². The van der Waals surface area contributed by atoms with Crippen molar-refractivity contribution in [1.82, 2.24) is 10.2 Å². The Balaban J connectivity index is 2.49. The van der Waals surface area contributed by atoms with Crippen molar-refractivity contribution in [2.24, 2.45) is 0 Å². The molecule has 0 spiro atoms. The second kappa shape index (κ2) is 12.9. The molecule has 0 radical (unpaired) electrons. The first-order valence-corrected chi connectivity index (χ1v) is 14.5. The van der Waals surface area contributed by atoms with E-state index in [1.165, 1.54) is 4.90 Å². The molecule has 7 nitrogen and oxygen atoms in total. The maximum Gasteiger partial charge on any atom is 0.244 e. The Morgan fingerprint density at radius 2 is 1.74 bits per heavy atom. The minimum atomic E-state index is -3.82. The van der Waals surface area contributed by atoms with Crippen molar-refractivity contribution in [3.05, 3.63) is 62.5 Å². The van der Waals surface area contributed by atoms with Gasteiger partial charge >= 0.3 is 0 Å². The molecule has 192 valence electrons. The third kappa shape index (κ3) is 8.10. The molecular weight excluding hydrogens is 577 g/mol. The zero-order valence-corrected chi connectivity index (χ0v) is 24.0. The van der Waals surface area contributed by atoms with Gasteiger partial charge < -0.3 is 10.2 Å². The number of sulfonamides is 1. The Morgan fingerprint density at radius 3 is 2.29 bits per heavy atom. The third-order valence-corrected chi connectivity index (χ3v) is 7.93. The maximum absolute atomic E-state index is 13.7. The average molecular weight is 607 g/mol. The molecule has 35 heavy (non-hydrogen) atoms. The molecule has 2 aromatic carbocycles. The predicted molar refractivity (Wildman–Crippen MR) is 145 cm³/mol. The lowest BCUT2D eigenvalue weighted by atomic mass is 10.1. The van der Waals surface area contributed by atoms with Crippen molar-refractivity contribution in [2.45, 2.75) is 52.2 Å². The van der Waals surface area contributed by atoms with Crippen LogP contribution in [0.1, 0.15) is 39.2 Å². The van der Waals surface area contributed by atoms with E-state index in [0.717, 1.165) is 17.0 Å². The Morgan fingerprint density at radius 1 is 1.09 bits per heavy atom. The van der Waals surface area contributed by atoms with Crippen molar-refractivity contribution < 1.29 is 18.0 Å². The summed E-state index contributed by atoms with van der Waals surface area (Å²) >= 11 is 15.8. The fourth-order valence-electron chi connectivity index (χ4n) is 3.44. The summed E-state index contributed by atoms with van der Waals surface area (Å²) in [5.74, 6) is -0.851. The van der Waals surface area contributed by atoms with E-state index in [9.17, 15) is 18.0 Å². The second-order valence-electron chi connectivity index (χ2n) is 8.22. The van der Waals surface area contributed by atoms with Gasteiger partial charge in [-0.25, -0.2) is 8.42 Å². The number of halogens is 3. The molecule has 0 aliphatic carbocycles. The van der Waals surface area contributed by atoms with Crippen LogP contribution in [0.5, 0.6) is 0 Å². The van der Waals surface area contributed by atoms with E-state index >= 15 is 0 Å². The summed E-state index contributed by atoms with van der Waals surface area (Å²) in [7, 11) is -3.82. The van der Waals surface area contributed by atoms with E-state index in [4.69, 9.17) is 23.2 Å². The normalized spacial score (nSPS) is 13.1. The molecule has 11 heteroatoms. The van der Waals surface area contributed by atoms with Crippen LogP contribution in [0.15, 0.2) is 46.9 Å². The molecule has 2 amide bonds. The molecule has 0 saturated heterocycles. The number of nitrogens with one attached hydrogen (secondary N) is 1. The highest BCUT2D eigenvalue weighted by Gasteiger charge is 2.32. The van der Waals surface area contributed by atoms with E-state index in [2.05, 4.69) is 21.2 Å². The Hall–Kier alpha value is -1.81. The lowest BCUT2D eigenvalue weighted by Gasteiger charge is -2.33. The number of amides is 2. The van der Waals surface area contributed by atoms with Crippen LogP contribution in [0.2, 0.25) is 10.0 Å². The van der Waals surface area contributed by atoms with Gasteiger partial charge in [-0.3, -0.25) is 13.9 Å². The second-order valence-corrected chi connectivity index (χ2v) is 11.8. The van der Waals surface area contributed by atoms with Crippen molar-refractivity contribution in [1.29, 1.82) is 0 Å². The number of anilines is 1. The van der Waals surface area contributed by atoms with Crippen molar-refractivity contribution in [2.75, 3.05) is 17.1 Å². The van der Waals surface area contributed by atoms with Gasteiger partial charge in [0.15, 0.2) is 0 Å². The van der Waals surface area contributed by atoms with Crippen LogP contribution in [-0.4, -0.2) is 50.0 Å². The fraction of sp³-hybridized carbons (Fsp3) is 0.417. The highest BCUT2D eigenvalue weighted by atomic mass is 79.9. The van der Waals surface area contributed by atoms with Crippen molar-refractivity contribution in [3.8, 4) is 0 Å². The number of carbonyl (C=O) groups is 2. The van der Waals surface area contributed by atoms with Crippen LogP contribution in [0.3, 0.4) is 0 Å². The van der Waals surface area contributed by atoms with E-state index in [1.807, 2.05) is 13.8 Å². The minimum absolute atomic E-state index is 0.00876. The summed E-state index contributed by atoms with van der Waals surface area (Å²) in [4.78, 5) is 28.2. The van der Waals surface area contributed by atoms with Gasteiger partial charge in [-0.2, -0.15) is 0 Å². The topological polar surface area (TPSA) is 86.8 Å². The van der Waals surface area contributed by atoms with Crippen LogP contribution in [0, 0.1) is 0 Å². The van der Waals surface area contributed by atoms with Gasteiger partial charge in [0.05, 0.1) is 11.9 Å². The van der Waals surface area contributed by atoms with Crippen LogP contribution < -0.4 is 9.62 Å². The molecule has 0 aliphatic rings. The van der Waals surface area contributed by atoms with Crippen LogP contribution >= 0.6 is 39.1 Å². The zero-order chi connectivity index (χ0) is 26.3. The Bertz CT molecular complexity index is 1160. The van der Waals surface area contributed by atoms with E-state index in [1.54, 1.807) is 49.4 Å². The molecule has 0 bridgehead atoms. The summed E-state index contributed by atoms with van der Waals surface area (Å²) in [5, 5.41) is 3.71. The molecular formula is C24H30BrCl2N3O4S. The van der Waals surface area contributed by atoms with Crippen molar-refractivity contribution >= 4 is 66.7 Å². The molecule has 2 atom stereocenters. The van der Waals surface area contributed by atoms with Gasteiger partial charge in [0, 0.05) is 27.1 Å². The number of hydrogen-bond donors (Lipinski definition) is 1. The molecule has 0 fully saturated rings. The predicted octanol–water partition coefficient (Wildman–Crippen LogP) is 5.24. The molecule has 2 unspecified atom stereocenters. The number of rotatable bonds is 11. The molecule has 2 aromatic rings. The summed E-state index contributed by atoms with van der Waals surface area (Å²) < 4.78 is 26.9. The summed E-state index contributed by atoms with van der Waals surface area (Å²) in [5.41, 5.74) is 0.913. The van der Waals surface area contributed by atoms with Crippen LogP contribution in [-0.2, 0) is 26.2 Å². The largest absolute Gasteiger partial charge is 0.352 e. The molecule has 0 saturated carbocycles. The van der Waals surface area contributed by atoms with Crippen LogP contribution in [0.25, 0.3) is 0 Å². The first kappa shape index (κ1) is 29.4. The number of carbonyl (C=O) groups excluding carboxylic acids is 2. The molecule has 0 heterocycles. The zero-order valence-electron chi connectivity index (χ0n) is 20.1. The summed E-state index contributed by atoms with van der Waals surface area (Å²) in [6.07, 6.45) is 2.09. The Kier molecular flexibility index (Phi) is 10.9. The number of nitrogens with zero attached hydrogens (tertiary/aromatic N) is 2. The summed E-state index contributed by atoms with van der Waals surface area (Å²) in [6.45, 7) is 5.15. The van der Waals surface area contributed by atoms with Gasteiger partial charge in [-0.15, -0.1) is 0 Å². The Labute approximate surface area is 225 Å². The average Bonchev–Trinajstić information content (AvgIpc) is 2.78. The highest BCUT2D eigenvalue weighted by molar-refractivity contribution is 9.10. The van der Waals surface area contributed by atoms with Gasteiger partial charge in [-0.1, -0.05) is 55.2 Å². The lowest BCUT2D eigenvalue weighted by molar-refractivity contribution is -0.140. The monoisotopic (exact) mass is 605 g/mol. The number of para-hydroxylation sites is 1. The molecule has 0 aromatic heterocycles. The smallest absolute Gasteiger partial charge is 0.244 e. The number of benzene rings is 2. The lowest BCUT2D eigenvalue weighted by Crippen LogP contribution is -2.53. The number of hydrogen-bond acceptors (Lipinski definition) is 4. The standard InChI is InChI=1S/C24H30BrCl2N3O4S/c1-5-16(3)28-24(32)21(6-2)29(14-17-11-12-18(26)13-20(17)27)23(31)15-30(35(4,33)34)22-10-8-7-9-19(22)25/h7-13,16,21H,5-6,14-15H2,1-4H3,(H,28,32). The minimum Gasteiger partial charge on any atom is -0.352 e. The third-order valence-electron chi connectivity index (χ3n) is 5.54. The van der Waals surface area contributed by atoms with E-state index < -0.39 is 28.5 Å². The first-order chi connectivity index (χ1) is 16.4. The van der Waals surface area contributed by atoms with Gasteiger partial charge in [0.2, 0.25) is 21.8 Å². The fourth-order valence-corrected chi connectivity index (χ4v) is 5.39. The molecule has 2 rings (SSSR count). The van der Waals surface area contributed by atoms with Gasteiger partial charge in [0.25, 0.3) is 0 Å². The summed E-state index contributed by atoms with van der Waals surface area (Å²) in [6, 6.07) is 10.7. The SMILES string of the molecule is CCC(C)NC(=O)C(CC)N(Cc1ccc(Cl)cc1Cl)C(=O)CN(c1ccccc1Br)S(C)(=O)=O. The van der Waals surface area contributed by atoms with Crippen molar-refractivity contribution in [3.63, 3.8) is 0 Å². The maximum atomic E-state index is 13.7. The first-order valence-electron chi connectivity index (χ1n) is 11.1.